The van der Waals surface area contributed by atoms with Crippen LogP contribution < -0.4 is 11.3 Å². The van der Waals surface area contributed by atoms with E-state index in [1.165, 1.54) is 10.2 Å². The molecule has 2 aromatic carbocycles. The zero-order valence-electron chi connectivity index (χ0n) is 15.5. The second kappa shape index (κ2) is 10.5. The van der Waals surface area contributed by atoms with Crippen molar-refractivity contribution in [2.45, 2.75) is 19.4 Å². The predicted molar refractivity (Wildman–Crippen MR) is 111 cm³/mol. The van der Waals surface area contributed by atoms with E-state index >= 15 is 0 Å². The highest BCUT2D eigenvalue weighted by atomic mass is 35.5. The van der Waals surface area contributed by atoms with E-state index in [2.05, 4.69) is 10.3 Å². The van der Waals surface area contributed by atoms with Crippen molar-refractivity contribution in [3.05, 3.63) is 70.5 Å². The summed E-state index contributed by atoms with van der Waals surface area (Å²) in [6, 6.07) is 17.1. The van der Waals surface area contributed by atoms with Gasteiger partial charge in [0.15, 0.2) is 0 Å². The SMILES string of the molecule is Cl.NCCN(CCc1ccccc1)C(=O)CCn1nnc2ccccc2c1=O. The number of aryl methyl sites for hydroxylation is 1. The van der Waals surface area contributed by atoms with Gasteiger partial charge in [0.2, 0.25) is 5.91 Å². The fourth-order valence-electron chi connectivity index (χ4n) is 2.96. The van der Waals surface area contributed by atoms with Crippen molar-refractivity contribution < 1.29 is 4.79 Å². The number of benzene rings is 2. The molecule has 0 saturated carbocycles. The average Bonchev–Trinajstić information content (AvgIpc) is 2.71. The molecule has 1 aromatic heterocycles. The number of hydrogen-bond acceptors (Lipinski definition) is 5. The molecule has 2 N–H and O–H groups in total. The van der Waals surface area contributed by atoms with Crippen LogP contribution in [0, 0.1) is 0 Å². The zero-order valence-corrected chi connectivity index (χ0v) is 16.3. The molecule has 0 radical (unpaired) electrons. The third-order valence-corrected chi connectivity index (χ3v) is 4.43. The van der Waals surface area contributed by atoms with Gasteiger partial charge < -0.3 is 10.6 Å². The van der Waals surface area contributed by atoms with E-state index in [0.717, 1.165) is 6.42 Å². The summed E-state index contributed by atoms with van der Waals surface area (Å²) in [6.45, 7) is 1.68. The van der Waals surface area contributed by atoms with Gasteiger partial charge in [-0.25, -0.2) is 4.68 Å². The summed E-state index contributed by atoms with van der Waals surface area (Å²) in [5.74, 6) is -0.0433. The maximum Gasteiger partial charge on any atom is 0.277 e. The highest BCUT2D eigenvalue weighted by molar-refractivity contribution is 5.85. The Morgan fingerprint density at radius 1 is 1.04 bits per heavy atom. The fraction of sp³-hybridized carbons (Fsp3) is 0.300. The number of aromatic nitrogens is 3. The lowest BCUT2D eigenvalue weighted by molar-refractivity contribution is -0.131. The minimum Gasteiger partial charge on any atom is -0.341 e. The number of rotatable bonds is 8. The van der Waals surface area contributed by atoms with E-state index in [1.807, 2.05) is 36.4 Å². The van der Waals surface area contributed by atoms with Crippen LogP contribution in [0.3, 0.4) is 0 Å². The first-order valence-corrected chi connectivity index (χ1v) is 9.03. The lowest BCUT2D eigenvalue weighted by Gasteiger charge is -2.22. The molecule has 7 nitrogen and oxygen atoms in total. The van der Waals surface area contributed by atoms with E-state index in [4.69, 9.17) is 5.73 Å². The number of fused-ring (bicyclic) bond motifs is 1. The Labute approximate surface area is 169 Å². The van der Waals surface area contributed by atoms with Crippen LogP contribution in [0.2, 0.25) is 0 Å². The highest BCUT2D eigenvalue weighted by Crippen LogP contribution is 2.05. The van der Waals surface area contributed by atoms with Crippen LogP contribution >= 0.6 is 12.4 Å². The van der Waals surface area contributed by atoms with Crippen molar-refractivity contribution in [2.75, 3.05) is 19.6 Å². The first-order valence-electron chi connectivity index (χ1n) is 9.03. The first-order chi connectivity index (χ1) is 13.2. The molecule has 0 bridgehead atoms. The Bertz CT molecular complexity index is 961. The predicted octanol–water partition coefficient (Wildman–Crippen LogP) is 1.63. The normalized spacial score (nSPS) is 10.5. The smallest absolute Gasteiger partial charge is 0.277 e. The molecule has 148 valence electrons. The monoisotopic (exact) mass is 401 g/mol. The van der Waals surface area contributed by atoms with Crippen molar-refractivity contribution in [3.8, 4) is 0 Å². The minimum atomic E-state index is -0.233. The third kappa shape index (κ3) is 5.37. The second-order valence-electron chi connectivity index (χ2n) is 6.29. The van der Waals surface area contributed by atoms with Crippen LogP contribution in [0.4, 0.5) is 0 Å². The number of nitrogens with zero attached hydrogens (tertiary/aromatic N) is 4. The van der Waals surface area contributed by atoms with Gasteiger partial charge in [-0.1, -0.05) is 47.7 Å². The molecular weight excluding hydrogens is 378 g/mol. The Morgan fingerprint density at radius 3 is 2.50 bits per heavy atom. The average molecular weight is 402 g/mol. The topological polar surface area (TPSA) is 94.1 Å². The van der Waals surface area contributed by atoms with Crippen LogP contribution in [-0.2, 0) is 17.8 Å². The molecule has 28 heavy (non-hydrogen) atoms. The summed E-state index contributed by atoms with van der Waals surface area (Å²) in [4.78, 5) is 26.8. The van der Waals surface area contributed by atoms with Crippen LogP contribution in [-0.4, -0.2) is 45.4 Å². The van der Waals surface area contributed by atoms with Crippen molar-refractivity contribution >= 4 is 29.2 Å². The zero-order chi connectivity index (χ0) is 19.1. The minimum absolute atomic E-state index is 0. The lowest BCUT2D eigenvalue weighted by atomic mass is 10.1. The van der Waals surface area contributed by atoms with Gasteiger partial charge >= 0.3 is 0 Å². The molecule has 0 aliphatic rings. The molecule has 1 heterocycles. The largest absolute Gasteiger partial charge is 0.341 e. The van der Waals surface area contributed by atoms with Gasteiger partial charge in [-0.3, -0.25) is 9.59 Å². The van der Waals surface area contributed by atoms with Crippen molar-refractivity contribution in [2.24, 2.45) is 5.73 Å². The van der Waals surface area contributed by atoms with Gasteiger partial charge in [-0.2, -0.15) is 0 Å². The second-order valence-corrected chi connectivity index (χ2v) is 6.29. The molecule has 0 aliphatic carbocycles. The summed E-state index contributed by atoms with van der Waals surface area (Å²) in [7, 11) is 0. The quantitative estimate of drug-likeness (QED) is 0.619. The molecule has 0 spiro atoms. The van der Waals surface area contributed by atoms with Crippen LogP contribution in [0.5, 0.6) is 0 Å². The van der Waals surface area contributed by atoms with Gasteiger partial charge in [0.25, 0.3) is 5.56 Å². The Hall–Kier alpha value is -2.77. The number of amides is 1. The Balaban J connectivity index is 0.00000280. The third-order valence-electron chi connectivity index (χ3n) is 4.43. The van der Waals surface area contributed by atoms with E-state index < -0.39 is 0 Å². The summed E-state index contributed by atoms with van der Waals surface area (Å²) in [5, 5.41) is 8.48. The van der Waals surface area contributed by atoms with Gasteiger partial charge in [-0.05, 0) is 24.1 Å². The molecule has 0 saturated heterocycles. The lowest BCUT2D eigenvalue weighted by Crippen LogP contribution is -2.38. The number of hydrogen-bond donors (Lipinski definition) is 1. The van der Waals surface area contributed by atoms with Gasteiger partial charge in [0.05, 0.1) is 11.9 Å². The van der Waals surface area contributed by atoms with Crippen LogP contribution in [0.15, 0.2) is 59.4 Å². The van der Waals surface area contributed by atoms with Crippen LogP contribution in [0.25, 0.3) is 10.9 Å². The van der Waals surface area contributed by atoms with Gasteiger partial charge in [0, 0.05) is 26.1 Å². The van der Waals surface area contributed by atoms with Crippen molar-refractivity contribution in [3.63, 3.8) is 0 Å². The fourth-order valence-corrected chi connectivity index (χ4v) is 2.96. The van der Waals surface area contributed by atoms with E-state index in [-0.39, 0.29) is 36.8 Å². The first kappa shape index (κ1) is 21.5. The Kier molecular flexibility index (Phi) is 8.10. The van der Waals surface area contributed by atoms with E-state index in [1.54, 1.807) is 23.1 Å². The summed E-state index contributed by atoms with van der Waals surface area (Å²) in [5.41, 5.74) is 7.15. The maximum atomic E-state index is 12.6. The maximum absolute atomic E-state index is 12.6. The number of carbonyl (C=O) groups excluding carboxylic acids is 1. The van der Waals surface area contributed by atoms with Crippen LogP contribution in [0.1, 0.15) is 12.0 Å². The number of nitrogens with two attached hydrogens (primary N) is 1. The Morgan fingerprint density at radius 2 is 1.75 bits per heavy atom. The summed E-state index contributed by atoms with van der Waals surface area (Å²) >= 11 is 0. The molecule has 0 aliphatic heterocycles. The molecule has 3 aromatic rings. The summed E-state index contributed by atoms with van der Waals surface area (Å²) < 4.78 is 1.25. The molecule has 0 unspecified atom stereocenters. The van der Waals surface area contributed by atoms with Crippen molar-refractivity contribution in [1.82, 2.24) is 19.9 Å². The molecule has 0 atom stereocenters. The molecule has 1 amide bonds. The van der Waals surface area contributed by atoms with Gasteiger partial charge in [0.1, 0.15) is 5.52 Å². The highest BCUT2D eigenvalue weighted by Gasteiger charge is 2.14. The summed E-state index contributed by atoms with van der Waals surface area (Å²) in [6.07, 6.45) is 0.948. The molecular formula is C20H24ClN5O2. The molecule has 8 heteroatoms. The molecule has 0 fully saturated rings. The van der Waals surface area contributed by atoms with E-state index in [9.17, 15) is 9.59 Å². The van der Waals surface area contributed by atoms with Gasteiger partial charge in [-0.15, -0.1) is 17.5 Å². The van der Waals surface area contributed by atoms with Crippen molar-refractivity contribution in [1.29, 1.82) is 0 Å². The number of halogens is 1. The van der Waals surface area contributed by atoms with E-state index in [0.29, 0.717) is 30.5 Å². The standard InChI is InChI=1S/C20H23N5O2.ClH/c21-12-15-24(13-10-16-6-2-1-3-7-16)19(26)11-14-25-20(27)17-8-4-5-9-18(17)22-23-25;/h1-9H,10-15,21H2;1H. The number of carbonyl (C=O) groups is 1. The molecule has 3 rings (SSSR count).